The van der Waals surface area contributed by atoms with E-state index in [0.717, 1.165) is 35.6 Å². The summed E-state index contributed by atoms with van der Waals surface area (Å²) < 4.78 is 5.67. The predicted octanol–water partition coefficient (Wildman–Crippen LogP) is 9.14. The molecular formula is C28H48O2. The van der Waals surface area contributed by atoms with Gasteiger partial charge in [-0.3, -0.25) is 4.79 Å². The second-order valence-corrected chi connectivity index (χ2v) is 9.85. The molecule has 0 amide bonds. The van der Waals surface area contributed by atoms with E-state index in [9.17, 15) is 4.79 Å². The van der Waals surface area contributed by atoms with E-state index in [-0.39, 0.29) is 5.97 Å². The summed E-state index contributed by atoms with van der Waals surface area (Å²) in [6.07, 6.45) is 17.7. The molecule has 0 aliphatic rings. The highest BCUT2D eigenvalue weighted by atomic mass is 16.5. The molecule has 0 spiro atoms. The summed E-state index contributed by atoms with van der Waals surface area (Å²) in [6, 6.07) is 6.15. The van der Waals surface area contributed by atoms with Crippen molar-refractivity contribution in [3.8, 4) is 5.75 Å². The molecule has 0 radical (unpaired) electrons. The summed E-state index contributed by atoms with van der Waals surface area (Å²) >= 11 is 0. The normalized spacial score (nSPS) is 11.4. The summed E-state index contributed by atoms with van der Waals surface area (Å²) in [4.78, 5) is 12.2. The molecule has 1 aromatic carbocycles. The van der Waals surface area contributed by atoms with Gasteiger partial charge in [0.15, 0.2) is 0 Å². The molecule has 0 unspecified atom stereocenters. The molecule has 0 atom stereocenters. The van der Waals surface area contributed by atoms with Gasteiger partial charge in [-0.15, -0.1) is 0 Å². The van der Waals surface area contributed by atoms with Crippen molar-refractivity contribution in [3.63, 3.8) is 0 Å². The third-order valence-electron chi connectivity index (χ3n) is 5.93. The van der Waals surface area contributed by atoms with Gasteiger partial charge in [-0.2, -0.15) is 0 Å². The minimum atomic E-state index is -0.0871. The van der Waals surface area contributed by atoms with Crippen LogP contribution in [-0.4, -0.2) is 5.97 Å². The molecule has 1 rings (SSSR count). The van der Waals surface area contributed by atoms with Crippen molar-refractivity contribution in [1.82, 2.24) is 0 Å². The number of hydrogen-bond acceptors (Lipinski definition) is 2. The minimum Gasteiger partial charge on any atom is -0.426 e. The van der Waals surface area contributed by atoms with Gasteiger partial charge in [0.2, 0.25) is 0 Å². The highest BCUT2D eigenvalue weighted by Gasteiger charge is 2.12. The second-order valence-electron chi connectivity index (χ2n) is 9.85. The van der Waals surface area contributed by atoms with Crippen LogP contribution in [0.3, 0.4) is 0 Å². The van der Waals surface area contributed by atoms with Crippen molar-refractivity contribution in [1.29, 1.82) is 0 Å². The maximum atomic E-state index is 12.2. The number of benzene rings is 1. The van der Waals surface area contributed by atoms with Gasteiger partial charge in [0.1, 0.15) is 5.75 Å². The number of ether oxygens (including phenoxy) is 1. The van der Waals surface area contributed by atoms with Crippen LogP contribution in [0.15, 0.2) is 18.2 Å². The van der Waals surface area contributed by atoms with Crippen molar-refractivity contribution >= 4 is 5.97 Å². The van der Waals surface area contributed by atoms with Crippen molar-refractivity contribution in [2.24, 2.45) is 5.92 Å². The zero-order valence-electron chi connectivity index (χ0n) is 20.6. The summed E-state index contributed by atoms with van der Waals surface area (Å²) in [5.41, 5.74) is 2.25. The van der Waals surface area contributed by atoms with E-state index in [1.807, 2.05) is 13.0 Å². The third-order valence-corrected chi connectivity index (χ3v) is 5.93. The fraction of sp³-hybridized carbons (Fsp3) is 0.750. The maximum absolute atomic E-state index is 12.2. The standard InChI is InChI=1S/C28H48O2/c1-23(2)18-16-14-12-10-8-6-7-9-11-13-15-17-19-28(29)30-27-22-25(5)20-21-26(27)24(3)4/h20-24H,6-19H2,1-5H3. The molecule has 0 saturated heterocycles. The summed E-state index contributed by atoms with van der Waals surface area (Å²) in [7, 11) is 0. The fourth-order valence-electron chi connectivity index (χ4n) is 3.97. The lowest BCUT2D eigenvalue weighted by atomic mass is 10.0. The lowest BCUT2D eigenvalue weighted by Crippen LogP contribution is -2.09. The van der Waals surface area contributed by atoms with Crippen LogP contribution in [0.4, 0.5) is 0 Å². The molecule has 2 heteroatoms. The van der Waals surface area contributed by atoms with Gasteiger partial charge in [-0.1, -0.05) is 117 Å². The SMILES string of the molecule is Cc1ccc(C(C)C)c(OC(=O)CCCCCCCCCCCCCCC(C)C)c1. The van der Waals surface area contributed by atoms with Gasteiger partial charge < -0.3 is 4.74 Å². The summed E-state index contributed by atoms with van der Waals surface area (Å²) in [5, 5.41) is 0. The first-order chi connectivity index (χ1) is 14.4. The minimum absolute atomic E-state index is 0.0871. The van der Waals surface area contributed by atoms with Crippen molar-refractivity contribution in [3.05, 3.63) is 29.3 Å². The molecule has 0 bridgehead atoms. The van der Waals surface area contributed by atoms with Gasteiger partial charge in [0, 0.05) is 6.42 Å². The third kappa shape index (κ3) is 13.1. The first-order valence-corrected chi connectivity index (χ1v) is 12.7. The molecule has 172 valence electrons. The van der Waals surface area contributed by atoms with E-state index >= 15 is 0 Å². The fourth-order valence-corrected chi connectivity index (χ4v) is 3.97. The van der Waals surface area contributed by atoms with E-state index in [0.29, 0.717) is 12.3 Å². The molecule has 0 heterocycles. The van der Waals surface area contributed by atoms with Gasteiger partial charge >= 0.3 is 5.97 Å². The number of rotatable bonds is 17. The predicted molar refractivity (Wildman–Crippen MR) is 130 cm³/mol. The Kier molecular flexibility index (Phi) is 14.6. The molecule has 0 aliphatic carbocycles. The van der Waals surface area contributed by atoms with Crippen LogP contribution < -0.4 is 4.74 Å². The Bertz CT molecular complexity index is 574. The van der Waals surface area contributed by atoms with Crippen LogP contribution in [0, 0.1) is 12.8 Å². The molecule has 0 aliphatic heterocycles. The zero-order valence-corrected chi connectivity index (χ0v) is 20.6. The van der Waals surface area contributed by atoms with Crippen molar-refractivity contribution in [2.45, 2.75) is 130 Å². The Balaban J connectivity index is 1.98. The molecule has 0 fully saturated rings. The Labute approximate surface area is 187 Å². The van der Waals surface area contributed by atoms with Crippen LogP contribution in [0.25, 0.3) is 0 Å². The smallest absolute Gasteiger partial charge is 0.311 e. The number of unbranched alkanes of at least 4 members (excludes halogenated alkanes) is 11. The van der Waals surface area contributed by atoms with E-state index in [4.69, 9.17) is 4.74 Å². The van der Waals surface area contributed by atoms with Gasteiger partial charge in [-0.25, -0.2) is 0 Å². The van der Waals surface area contributed by atoms with Crippen LogP contribution in [0.2, 0.25) is 0 Å². The Morgan fingerprint density at radius 1 is 0.767 bits per heavy atom. The van der Waals surface area contributed by atoms with E-state index in [2.05, 4.69) is 39.8 Å². The Morgan fingerprint density at radius 2 is 1.27 bits per heavy atom. The van der Waals surface area contributed by atoms with E-state index < -0.39 is 0 Å². The Morgan fingerprint density at radius 3 is 1.77 bits per heavy atom. The van der Waals surface area contributed by atoms with Gasteiger partial charge in [0.05, 0.1) is 0 Å². The van der Waals surface area contributed by atoms with Gasteiger partial charge in [0.25, 0.3) is 0 Å². The lowest BCUT2D eigenvalue weighted by molar-refractivity contribution is -0.134. The highest BCUT2D eigenvalue weighted by molar-refractivity contribution is 5.72. The lowest BCUT2D eigenvalue weighted by Gasteiger charge is -2.13. The number of aryl methyl sites for hydroxylation is 1. The quantitative estimate of drug-likeness (QED) is 0.144. The first-order valence-electron chi connectivity index (χ1n) is 12.7. The molecule has 1 aromatic rings. The van der Waals surface area contributed by atoms with Gasteiger partial charge in [-0.05, 0) is 42.4 Å². The molecule has 0 saturated carbocycles. The van der Waals surface area contributed by atoms with E-state index in [1.165, 1.54) is 70.6 Å². The molecule has 2 nitrogen and oxygen atoms in total. The number of esters is 1. The summed E-state index contributed by atoms with van der Waals surface area (Å²) in [5.74, 6) is 1.88. The Hall–Kier alpha value is -1.31. The monoisotopic (exact) mass is 416 g/mol. The molecule has 30 heavy (non-hydrogen) atoms. The molecule has 0 N–H and O–H groups in total. The maximum Gasteiger partial charge on any atom is 0.311 e. The van der Waals surface area contributed by atoms with E-state index in [1.54, 1.807) is 0 Å². The van der Waals surface area contributed by atoms with Crippen LogP contribution >= 0.6 is 0 Å². The van der Waals surface area contributed by atoms with Crippen LogP contribution in [0.1, 0.15) is 135 Å². The zero-order chi connectivity index (χ0) is 22.2. The number of carbonyl (C=O) groups is 1. The van der Waals surface area contributed by atoms with Crippen LogP contribution in [-0.2, 0) is 4.79 Å². The number of hydrogen-bond donors (Lipinski definition) is 0. The second kappa shape index (κ2) is 16.4. The number of carbonyl (C=O) groups excluding carboxylic acids is 1. The largest absolute Gasteiger partial charge is 0.426 e. The van der Waals surface area contributed by atoms with Crippen molar-refractivity contribution in [2.75, 3.05) is 0 Å². The average molecular weight is 417 g/mol. The molecular weight excluding hydrogens is 368 g/mol. The van der Waals surface area contributed by atoms with Crippen molar-refractivity contribution < 1.29 is 9.53 Å². The molecule has 0 aromatic heterocycles. The average Bonchev–Trinajstić information content (AvgIpc) is 2.67. The first kappa shape index (κ1) is 26.7. The van der Waals surface area contributed by atoms with Crippen LogP contribution in [0.5, 0.6) is 5.75 Å². The highest BCUT2D eigenvalue weighted by Crippen LogP contribution is 2.28. The topological polar surface area (TPSA) is 26.3 Å². The summed E-state index contributed by atoms with van der Waals surface area (Å²) in [6.45, 7) is 10.9.